The highest BCUT2D eigenvalue weighted by Gasteiger charge is 2.19. The normalized spacial score (nSPS) is 10.8. The summed E-state index contributed by atoms with van der Waals surface area (Å²) in [5.74, 6) is 1.24. The zero-order valence-corrected chi connectivity index (χ0v) is 17.2. The number of carbonyl (C=O) groups excluding carboxylic acids is 1. The lowest BCUT2D eigenvalue weighted by molar-refractivity contribution is 0.0940. The van der Waals surface area contributed by atoms with E-state index in [1.54, 1.807) is 30.2 Å². The summed E-state index contributed by atoms with van der Waals surface area (Å²) in [7, 11) is 1.63. The van der Waals surface area contributed by atoms with Gasteiger partial charge in [-0.15, -0.1) is 0 Å². The number of amides is 1. The van der Waals surface area contributed by atoms with Crippen molar-refractivity contribution < 1.29 is 13.9 Å². The SMILES string of the molecule is COc1ccc(-c2cc(C(=O)NCc3ccco3)n(-c3ccc(C)cc3C)n2)cc1. The van der Waals surface area contributed by atoms with Crippen molar-refractivity contribution in [2.45, 2.75) is 20.4 Å². The molecule has 1 N–H and O–H groups in total. The number of benzene rings is 2. The Morgan fingerprint density at radius 1 is 1.10 bits per heavy atom. The third-order valence-corrected chi connectivity index (χ3v) is 4.91. The van der Waals surface area contributed by atoms with E-state index in [-0.39, 0.29) is 5.91 Å². The van der Waals surface area contributed by atoms with Crippen LogP contribution in [0.3, 0.4) is 0 Å². The fourth-order valence-electron chi connectivity index (χ4n) is 3.34. The molecule has 6 heteroatoms. The van der Waals surface area contributed by atoms with Crippen LogP contribution in [0, 0.1) is 13.8 Å². The summed E-state index contributed by atoms with van der Waals surface area (Å²) in [6.07, 6.45) is 1.59. The maximum Gasteiger partial charge on any atom is 0.270 e. The second-order valence-electron chi connectivity index (χ2n) is 7.11. The van der Waals surface area contributed by atoms with Crippen molar-refractivity contribution in [1.29, 1.82) is 0 Å². The van der Waals surface area contributed by atoms with Gasteiger partial charge >= 0.3 is 0 Å². The summed E-state index contributed by atoms with van der Waals surface area (Å²) >= 11 is 0. The van der Waals surface area contributed by atoms with Gasteiger partial charge in [-0.05, 0) is 67.9 Å². The predicted molar refractivity (Wildman–Crippen MR) is 115 cm³/mol. The first-order valence-corrected chi connectivity index (χ1v) is 9.68. The Balaban J connectivity index is 1.73. The van der Waals surface area contributed by atoms with E-state index in [0.717, 1.165) is 28.1 Å². The number of ether oxygens (including phenoxy) is 1. The fourth-order valence-corrected chi connectivity index (χ4v) is 3.34. The van der Waals surface area contributed by atoms with Crippen molar-refractivity contribution in [3.05, 3.63) is 89.5 Å². The molecule has 2 heterocycles. The molecule has 0 saturated heterocycles. The van der Waals surface area contributed by atoms with Gasteiger partial charge in [0.25, 0.3) is 5.91 Å². The number of aromatic nitrogens is 2. The number of rotatable bonds is 6. The molecule has 0 saturated carbocycles. The molecule has 152 valence electrons. The lowest BCUT2D eigenvalue weighted by Gasteiger charge is -2.11. The van der Waals surface area contributed by atoms with E-state index in [4.69, 9.17) is 14.3 Å². The zero-order chi connectivity index (χ0) is 21.1. The largest absolute Gasteiger partial charge is 0.497 e. The molecule has 1 amide bonds. The van der Waals surface area contributed by atoms with Crippen LogP contribution < -0.4 is 10.1 Å². The number of hydrogen-bond acceptors (Lipinski definition) is 4. The van der Waals surface area contributed by atoms with E-state index < -0.39 is 0 Å². The Bertz CT molecular complexity index is 1160. The number of methoxy groups -OCH3 is 1. The van der Waals surface area contributed by atoms with E-state index in [1.165, 1.54) is 0 Å². The standard InChI is InChI=1S/C24H23N3O3/c1-16-6-11-22(17(2)13-16)27-23(24(28)25-15-20-5-4-12-30-20)14-21(26-27)18-7-9-19(29-3)10-8-18/h4-14H,15H2,1-3H3,(H,25,28). The Morgan fingerprint density at radius 2 is 1.90 bits per heavy atom. The molecule has 0 aliphatic carbocycles. The van der Waals surface area contributed by atoms with Crippen LogP contribution in [-0.4, -0.2) is 22.8 Å². The molecule has 2 aromatic carbocycles. The average Bonchev–Trinajstić information content (AvgIpc) is 3.42. The summed E-state index contributed by atoms with van der Waals surface area (Å²) in [6.45, 7) is 4.36. The zero-order valence-electron chi connectivity index (χ0n) is 17.2. The molecule has 0 atom stereocenters. The molecule has 4 aromatic rings. The van der Waals surface area contributed by atoms with Gasteiger partial charge in [-0.3, -0.25) is 4.79 Å². The van der Waals surface area contributed by atoms with Crippen LogP contribution in [0.4, 0.5) is 0 Å². The van der Waals surface area contributed by atoms with Gasteiger partial charge in [0, 0.05) is 5.56 Å². The van der Waals surface area contributed by atoms with Gasteiger partial charge in [0.2, 0.25) is 0 Å². The van der Waals surface area contributed by atoms with E-state index in [0.29, 0.717) is 23.7 Å². The number of aryl methyl sites for hydroxylation is 2. The van der Waals surface area contributed by atoms with Crippen molar-refractivity contribution in [2.75, 3.05) is 7.11 Å². The van der Waals surface area contributed by atoms with E-state index >= 15 is 0 Å². The van der Waals surface area contributed by atoms with Crippen molar-refractivity contribution in [1.82, 2.24) is 15.1 Å². The highest BCUT2D eigenvalue weighted by molar-refractivity contribution is 5.94. The monoisotopic (exact) mass is 401 g/mol. The summed E-state index contributed by atoms with van der Waals surface area (Å²) in [5, 5.41) is 7.67. The molecule has 0 aliphatic heterocycles. The van der Waals surface area contributed by atoms with Gasteiger partial charge in [0.05, 0.1) is 31.3 Å². The van der Waals surface area contributed by atoms with Crippen molar-refractivity contribution in [3.63, 3.8) is 0 Å². The second kappa shape index (κ2) is 8.29. The molecule has 0 spiro atoms. The van der Waals surface area contributed by atoms with E-state index in [9.17, 15) is 4.79 Å². The van der Waals surface area contributed by atoms with Gasteiger partial charge < -0.3 is 14.5 Å². The number of nitrogens with zero attached hydrogens (tertiary/aromatic N) is 2. The maximum absolute atomic E-state index is 13.0. The minimum Gasteiger partial charge on any atom is -0.497 e. The molecule has 0 fully saturated rings. The van der Waals surface area contributed by atoms with Gasteiger partial charge in [-0.1, -0.05) is 17.7 Å². The van der Waals surface area contributed by atoms with Crippen molar-refractivity contribution in [2.24, 2.45) is 0 Å². The Hall–Kier alpha value is -3.80. The summed E-state index contributed by atoms with van der Waals surface area (Å²) < 4.78 is 12.3. The quantitative estimate of drug-likeness (QED) is 0.509. The molecule has 4 rings (SSSR count). The lowest BCUT2D eigenvalue weighted by atomic mass is 10.1. The molecule has 0 radical (unpaired) electrons. The van der Waals surface area contributed by atoms with Crippen molar-refractivity contribution in [3.8, 4) is 22.7 Å². The van der Waals surface area contributed by atoms with Crippen LogP contribution in [0.1, 0.15) is 27.4 Å². The van der Waals surface area contributed by atoms with Gasteiger partial charge in [-0.2, -0.15) is 5.10 Å². The first-order valence-electron chi connectivity index (χ1n) is 9.68. The van der Waals surface area contributed by atoms with Crippen LogP contribution in [0.5, 0.6) is 5.75 Å². The van der Waals surface area contributed by atoms with Crippen LogP contribution in [0.15, 0.2) is 71.3 Å². The molecule has 0 unspecified atom stereocenters. The number of hydrogen-bond donors (Lipinski definition) is 1. The Morgan fingerprint density at radius 3 is 2.57 bits per heavy atom. The predicted octanol–water partition coefficient (Wildman–Crippen LogP) is 4.69. The number of carbonyl (C=O) groups is 1. The summed E-state index contributed by atoms with van der Waals surface area (Å²) in [6, 6.07) is 19.1. The minimum atomic E-state index is -0.223. The van der Waals surface area contributed by atoms with Crippen LogP contribution >= 0.6 is 0 Å². The minimum absolute atomic E-state index is 0.223. The van der Waals surface area contributed by atoms with E-state index in [1.807, 2.05) is 56.3 Å². The molecule has 6 nitrogen and oxygen atoms in total. The Kier molecular flexibility index (Phi) is 5.39. The second-order valence-corrected chi connectivity index (χ2v) is 7.11. The van der Waals surface area contributed by atoms with Gasteiger partial charge in [0.15, 0.2) is 0 Å². The van der Waals surface area contributed by atoms with Crippen LogP contribution in [0.25, 0.3) is 16.9 Å². The molecular formula is C24H23N3O3. The van der Waals surface area contributed by atoms with Crippen molar-refractivity contribution >= 4 is 5.91 Å². The topological polar surface area (TPSA) is 69.3 Å². The third-order valence-electron chi connectivity index (χ3n) is 4.91. The van der Waals surface area contributed by atoms with E-state index in [2.05, 4.69) is 11.4 Å². The first kappa shape index (κ1) is 19.5. The molecule has 0 aliphatic rings. The summed E-state index contributed by atoms with van der Waals surface area (Å²) in [4.78, 5) is 13.0. The highest BCUT2D eigenvalue weighted by atomic mass is 16.5. The van der Waals surface area contributed by atoms with Gasteiger partial charge in [0.1, 0.15) is 17.2 Å². The number of furan rings is 1. The maximum atomic E-state index is 13.0. The average molecular weight is 401 g/mol. The fraction of sp³-hybridized carbons (Fsp3) is 0.167. The molecular weight excluding hydrogens is 378 g/mol. The molecule has 0 bridgehead atoms. The highest BCUT2D eigenvalue weighted by Crippen LogP contribution is 2.25. The van der Waals surface area contributed by atoms with Gasteiger partial charge in [-0.25, -0.2) is 4.68 Å². The Labute approximate surface area is 175 Å². The summed E-state index contributed by atoms with van der Waals surface area (Å²) in [5.41, 5.74) is 5.13. The number of nitrogens with one attached hydrogen (secondary N) is 1. The van der Waals surface area contributed by atoms with Crippen LogP contribution in [-0.2, 0) is 6.54 Å². The van der Waals surface area contributed by atoms with Crippen LogP contribution in [0.2, 0.25) is 0 Å². The lowest BCUT2D eigenvalue weighted by Crippen LogP contribution is -2.25. The third kappa shape index (κ3) is 3.98. The molecule has 2 aromatic heterocycles. The molecule has 30 heavy (non-hydrogen) atoms. The smallest absolute Gasteiger partial charge is 0.270 e. The first-order chi connectivity index (χ1) is 14.5.